The van der Waals surface area contributed by atoms with E-state index in [0.29, 0.717) is 5.56 Å². The number of nitrogens with zero attached hydrogens (tertiary/aromatic N) is 1. The van der Waals surface area contributed by atoms with E-state index in [4.69, 9.17) is 4.84 Å². The molecule has 26 heavy (non-hydrogen) atoms. The van der Waals surface area contributed by atoms with Crippen molar-refractivity contribution in [3.8, 4) is 0 Å². The molecule has 1 unspecified atom stereocenters. The predicted octanol–water partition coefficient (Wildman–Crippen LogP) is 4.29. The van der Waals surface area contributed by atoms with E-state index in [2.05, 4.69) is 0 Å². The van der Waals surface area contributed by atoms with Crippen molar-refractivity contribution in [1.82, 2.24) is 5.06 Å². The van der Waals surface area contributed by atoms with E-state index < -0.39 is 10.8 Å². The maximum atomic E-state index is 13.4. The molecular formula is C20H20FNO3S. The Morgan fingerprint density at radius 1 is 1.23 bits per heavy atom. The molecule has 0 aliphatic carbocycles. The summed E-state index contributed by atoms with van der Waals surface area (Å²) in [6.07, 6.45) is 0. The van der Waals surface area contributed by atoms with Crippen LogP contribution in [-0.2, 0) is 14.5 Å². The van der Waals surface area contributed by atoms with E-state index in [-0.39, 0.29) is 23.4 Å². The van der Waals surface area contributed by atoms with Crippen molar-refractivity contribution in [2.75, 3.05) is 5.75 Å². The van der Waals surface area contributed by atoms with Gasteiger partial charge in [0.2, 0.25) is 0 Å². The van der Waals surface area contributed by atoms with E-state index in [1.165, 1.54) is 29.0 Å². The minimum atomic E-state index is -0.885. The number of carbonyl (C=O) groups excluding carboxylic acids is 2. The molecule has 1 fully saturated rings. The smallest absolute Gasteiger partial charge is 0.331 e. The highest BCUT2D eigenvalue weighted by Crippen LogP contribution is 2.50. The average molecular weight is 373 g/mol. The first-order chi connectivity index (χ1) is 12.3. The molecule has 3 rings (SSSR count). The van der Waals surface area contributed by atoms with E-state index in [1.807, 2.05) is 26.8 Å². The molecule has 136 valence electrons. The molecule has 0 saturated carbocycles. The fraction of sp³-hybridized carbons (Fsp3) is 0.300. The van der Waals surface area contributed by atoms with Crippen molar-refractivity contribution < 1.29 is 18.8 Å². The van der Waals surface area contributed by atoms with E-state index >= 15 is 0 Å². The normalized spacial score (nSPS) is 19.9. The molecule has 1 heterocycles. The lowest BCUT2D eigenvalue weighted by Gasteiger charge is -2.39. The van der Waals surface area contributed by atoms with Crippen LogP contribution < -0.4 is 0 Å². The summed E-state index contributed by atoms with van der Waals surface area (Å²) in [4.78, 5) is 29.8. The molecule has 0 N–H and O–H groups in total. The lowest BCUT2D eigenvalue weighted by Crippen LogP contribution is -2.46. The highest BCUT2D eigenvalue weighted by molar-refractivity contribution is 8.01. The quantitative estimate of drug-likeness (QED) is 0.802. The Hall–Kier alpha value is -2.34. The van der Waals surface area contributed by atoms with Crippen molar-refractivity contribution in [3.05, 3.63) is 71.0 Å². The third-order valence-electron chi connectivity index (χ3n) is 4.41. The third kappa shape index (κ3) is 3.21. The first-order valence-corrected chi connectivity index (χ1v) is 9.35. The number of carbonyl (C=O) groups is 2. The SMILES string of the molecule is Cc1cccc(C(=O)ON2C(=O)CSC2(c2ccc(F)cc2)C(C)C)c1. The molecule has 0 aromatic heterocycles. The summed E-state index contributed by atoms with van der Waals surface area (Å²) >= 11 is 1.39. The molecule has 1 aliphatic rings. The van der Waals surface area contributed by atoms with Gasteiger partial charge >= 0.3 is 5.97 Å². The van der Waals surface area contributed by atoms with Crippen LogP contribution in [0.2, 0.25) is 0 Å². The first kappa shape index (κ1) is 18.5. The summed E-state index contributed by atoms with van der Waals surface area (Å²) in [5, 5.41) is 1.17. The Morgan fingerprint density at radius 2 is 1.92 bits per heavy atom. The highest BCUT2D eigenvalue weighted by Gasteiger charge is 2.52. The second-order valence-corrected chi connectivity index (χ2v) is 7.78. The van der Waals surface area contributed by atoms with Gasteiger partial charge in [0.25, 0.3) is 5.91 Å². The monoisotopic (exact) mass is 373 g/mol. The van der Waals surface area contributed by atoms with Crippen LogP contribution in [0, 0.1) is 18.7 Å². The molecule has 1 amide bonds. The molecule has 2 aromatic rings. The van der Waals surface area contributed by atoms with Crippen LogP contribution in [0.3, 0.4) is 0 Å². The summed E-state index contributed by atoms with van der Waals surface area (Å²) in [6.45, 7) is 5.77. The zero-order valence-corrected chi connectivity index (χ0v) is 15.7. The largest absolute Gasteiger partial charge is 0.363 e. The van der Waals surface area contributed by atoms with Gasteiger partial charge in [-0.05, 0) is 42.7 Å². The summed E-state index contributed by atoms with van der Waals surface area (Å²) < 4.78 is 13.4. The number of benzene rings is 2. The van der Waals surface area contributed by atoms with Gasteiger partial charge in [0.15, 0.2) is 4.87 Å². The number of rotatable bonds is 4. The average Bonchev–Trinajstić information content (AvgIpc) is 2.93. The van der Waals surface area contributed by atoms with Crippen LogP contribution >= 0.6 is 11.8 Å². The fourth-order valence-electron chi connectivity index (χ4n) is 3.12. The minimum absolute atomic E-state index is 0.0604. The molecule has 4 nitrogen and oxygen atoms in total. The summed E-state index contributed by atoms with van der Waals surface area (Å²) in [7, 11) is 0. The molecular weight excluding hydrogens is 353 g/mol. The van der Waals surface area contributed by atoms with Crippen LogP contribution in [0.5, 0.6) is 0 Å². The lowest BCUT2D eigenvalue weighted by molar-refractivity contribution is -0.182. The lowest BCUT2D eigenvalue weighted by atomic mass is 9.94. The number of hydrogen-bond donors (Lipinski definition) is 0. The molecule has 0 bridgehead atoms. The summed E-state index contributed by atoms with van der Waals surface area (Å²) in [5.41, 5.74) is 2.03. The maximum absolute atomic E-state index is 13.4. The van der Waals surface area contributed by atoms with E-state index in [0.717, 1.165) is 11.1 Å². The zero-order valence-electron chi connectivity index (χ0n) is 14.9. The molecule has 6 heteroatoms. The summed E-state index contributed by atoms with van der Waals surface area (Å²) in [5.74, 6) is -1.10. The number of halogens is 1. The Morgan fingerprint density at radius 3 is 2.54 bits per heavy atom. The van der Waals surface area contributed by atoms with Crippen LogP contribution in [0.1, 0.15) is 35.3 Å². The standard InChI is InChI=1S/C20H20FNO3S/c1-13(2)20(16-7-9-17(21)10-8-16)22(18(23)12-26-20)25-19(24)15-6-4-5-14(3)11-15/h4-11,13H,12H2,1-3H3. The van der Waals surface area contributed by atoms with E-state index in [9.17, 15) is 14.0 Å². The van der Waals surface area contributed by atoms with Gasteiger partial charge < -0.3 is 4.84 Å². The van der Waals surface area contributed by atoms with Gasteiger partial charge in [-0.2, -0.15) is 0 Å². The Bertz CT molecular complexity index is 837. The maximum Gasteiger partial charge on any atom is 0.363 e. The van der Waals surface area contributed by atoms with Crippen molar-refractivity contribution >= 4 is 23.6 Å². The van der Waals surface area contributed by atoms with E-state index in [1.54, 1.807) is 30.3 Å². The Balaban J connectivity index is 1.98. The van der Waals surface area contributed by atoms with Gasteiger partial charge in [0, 0.05) is 0 Å². The van der Waals surface area contributed by atoms with Gasteiger partial charge in [0.05, 0.1) is 11.3 Å². The molecule has 1 saturated heterocycles. The molecule has 1 aliphatic heterocycles. The van der Waals surface area contributed by atoms with Crippen LogP contribution in [0.15, 0.2) is 48.5 Å². The van der Waals surface area contributed by atoms with Crippen molar-refractivity contribution in [2.45, 2.75) is 25.6 Å². The molecule has 2 aromatic carbocycles. The van der Waals surface area contributed by atoms with Crippen molar-refractivity contribution in [3.63, 3.8) is 0 Å². The molecule has 0 radical (unpaired) electrons. The second kappa shape index (κ2) is 7.11. The molecule has 1 atom stereocenters. The summed E-state index contributed by atoms with van der Waals surface area (Å²) in [6, 6.07) is 13.0. The number of hydroxylamine groups is 2. The van der Waals surface area contributed by atoms with Gasteiger partial charge in [-0.1, -0.05) is 43.7 Å². The van der Waals surface area contributed by atoms with Gasteiger partial charge in [0.1, 0.15) is 5.82 Å². The Kier molecular flexibility index (Phi) is 5.05. The first-order valence-electron chi connectivity index (χ1n) is 8.36. The predicted molar refractivity (Wildman–Crippen MR) is 98.8 cm³/mol. The van der Waals surface area contributed by atoms with Crippen molar-refractivity contribution in [2.24, 2.45) is 5.92 Å². The minimum Gasteiger partial charge on any atom is -0.331 e. The fourth-order valence-corrected chi connectivity index (χ4v) is 4.48. The van der Waals surface area contributed by atoms with Crippen molar-refractivity contribution in [1.29, 1.82) is 0 Å². The third-order valence-corrected chi connectivity index (χ3v) is 6.12. The van der Waals surface area contributed by atoms with Crippen LogP contribution in [0.25, 0.3) is 0 Å². The topological polar surface area (TPSA) is 46.6 Å². The van der Waals surface area contributed by atoms with Gasteiger partial charge in [-0.15, -0.1) is 16.8 Å². The number of amides is 1. The van der Waals surface area contributed by atoms with Crippen LogP contribution in [-0.4, -0.2) is 22.7 Å². The number of hydrogen-bond acceptors (Lipinski definition) is 4. The van der Waals surface area contributed by atoms with Crippen LogP contribution in [0.4, 0.5) is 4.39 Å². The van der Waals surface area contributed by atoms with Gasteiger partial charge in [-0.3, -0.25) is 4.79 Å². The highest BCUT2D eigenvalue weighted by atomic mass is 32.2. The Labute approximate surface area is 156 Å². The van der Waals surface area contributed by atoms with Gasteiger partial charge in [-0.25, -0.2) is 9.18 Å². The number of aryl methyl sites for hydroxylation is 1. The second-order valence-electron chi connectivity index (χ2n) is 6.58. The zero-order chi connectivity index (χ0) is 18.9. The number of thioether (sulfide) groups is 1. The molecule has 0 spiro atoms.